The van der Waals surface area contributed by atoms with Crippen LogP contribution in [0.5, 0.6) is 0 Å². The van der Waals surface area contributed by atoms with Crippen molar-refractivity contribution in [3.63, 3.8) is 0 Å². The molecule has 0 aliphatic heterocycles. The van der Waals surface area contributed by atoms with Gasteiger partial charge in [-0.05, 0) is 87.5 Å². The van der Waals surface area contributed by atoms with E-state index in [0.29, 0.717) is 47.4 Å². The summed E-state index contributed by atoms with van der Waals surface area (Å²) in [5.74, 6) is -0.842. The van der Waals surface area contributed by atoms with Crippen LogP contribution in [0.4, 0.5) is 4.39 Å². The first-order valence-corrected chi connectivity index (χ1v) is 17.1. The average Bonchev–Trinajstić information content (AvgIpc) is 3.35. The SMILES string of the molecule is C[C@H](N)CCCc1cc(Cl)c(F)c(-c2cc3cn(-c4ccc([C@H](C)NCC[C@H](CS(C)(=O)=O)N=C(N)N)cc4)c(=O)nc3[nH]2)c1. The second kappa shape index (κ2) is 14.5. The summed E-state index contributed by atoms with van der Waals surface area (Å²) in [5.41, 5.74) is 19.9. The molecule has 0 bridgehead atoms. The van der Waals surface area contributed by atoms with Crippen LogP contribution in [-0.2, 0) is 16.3 Å². The lowest BCUT2D eigenvalue weighted by molar-refractivity contribution is 0.525. The molecule has 2 heterocycles. The number of aryl methyl sites for hydroxylation is 1. The van der Waals surface area contributed by atoms with Crippen LogP contribution in [0.3, 0.4) is 0 Å². The first-order valence-electron chi connectivity index (χ1n) is 14.7. The fraction of sp³-hybridized carbons (Fsp3) is 0.387. The lowest BCUT2D eigenvalue weighted by Gasteiger charge is -2.17. The third-order valence-corrected chi connectivity index (χ3v) is 8.70. The lowest BCUT2D eigenvalue weighted by Crippen LogP contribution is -2.31. The van der Waals surface area contributed by atoms with E-state index in [-0.39, 0.29) is 28.8 Å². The summed E-state index contributed by atoms with van der Waals surface area (Å²) in [5, 5.41) is 4.01. The van der Waals surface area contributed by atoms with Gasteiger partial charge in [-0.3, -0.25) is 4.57 Å². The van der Waals surface area contributed by atoms with E-state index in [2.05, 4.69) is 20.3 Å². The van der Waals surface area contributed by atoms with E-state index >= 15 is 4.39 Å². The van der Waals surface area contributed by atoms with Crippen LogP contribution in [0.25, 0.3) is 28.0 Å². The number of rotatable bonds is 14. The van der Waals surface area contributed by atoms with Crippen molar-refractivity contribution in [3.05, 3.63) is 81.1 Å². The van der Waals surface area contributed by atoms with E-state index in [4.69, 9.17) is 28.8 Å². The number of hydrogen-bond acceptors (Lipinski definition) is 7. The number of aromatic nitrogens is 3. The van der Waals surface area contributed by atoms with Crippen molar-refractivity contribution >= 4 is 38.4 Å². The maximum absolute atomic E-state index is 15.1. The van der Waals surface area contributed by atoms with Crippen molar-refractivity contribution in [3.8, 4) is 16.9 Å². The van der Waals surface area contributed by atoms with Gasteiger partial charge in [-0.15, -0.1) is 0 Å². The molecule has 0 fully saturated rings. The van der Waals surface area contributed by atoms with E-state index in [1.807, 2.05) is 38.1 Å². The van der Waals surface area contributed by atoms with Gasteiger partial charge in [0.25, 0.3) is 0 Å². The Bertz CT molecular complexity index is 1830. The van der Waals surface area contributed by atoms with Gasteiger partial charge in [-0.2, -0.15) is 4.98 Å². The van der Waals surface area contributed by atoms with E-state index in [1.165, 1.54) is 4.57 Å². The van der Waals surface area contributed by atoms with E-state index in [0.717, 1.165) is 30.2 Å². The molecule has 0 saturated carbocycles. The second-order valence-corrected chi connectivity index (χ2v) is 14.1. The first-order chi connectivity index (χ1) is 21.2. The molecule has 2 aromatic heterocycles. The quantitative estimate of drug-likeness (QED) is 0.100. The van der Waals surface area contributed by atoms with Crippen LogP contribution in [0.2, 0.25) is 5.02 Å². The summed E-state index contributed by atoms with van der Waals surface area (Å²) in [4.78, 5) is 24.3. The molecule has 0 aliphatic rings. The predicted molar refractivity (Wildman–Crippen MR) is 179 cm³/mol. The number of sulfone groups is 1. The largest absolute Gasteiger partial charge is 0.370 e. The Balaban J connectivity index is 1.50. The average molecular weight is 659 g/mol. The molecule has 242 valence electrons. The van der Waals surface area contributed by atoms with Crippen molar-refractivity contribution < 1.29 is 12.8 Å². The second-order valence-electron chi connectivity index (χ2n) is 11.5. The van der Waals surface area contributed by atoms with Crippen molar-refractivity contribution in [1.82, 2.24) is 19.9 Å². The summed E-state index contributed by atoms with van der Waals surface area (Å²) in [6.45, 7) is 4.41. The normalized spacial score (nSPS) is 13.9. The molecular formula is C31H40ClFN8O3S. The number of nitrogens with two attached hydrogens (primary N) is 3. The van der Waals surface area contributed by atoms with Crippen molar-refractivity contribution in [2.75, 3.05) is 18.6 Å². The minimum absolute atomic E-state index is 0.0285. The fourth-order valence-corrected chi connectivity index (χ4v) is 6.37. The number of H-pyrrole nitrogens is 1. The van der Waals surface area contributed by atoms with Gasteiger partial charge in [0, 0.05) is 35.5 Å². The predicted octanol–water partition coefficient (Wildman–Crippen LogP) is 3.57. The van der Waals surface area contributed by atoms with Gasteiger partial charge in [0.1, 0.15) is 15.5 Å². The number of hydrogen-bond donors (Lipinski definition) is 5. The monoisotopic (exact) mass is 658 g/mol. The highest BCUT2D eigenvalue weighted by Crippen LogP contribution is 2.31. The first kappa shape index (κ1) is 34.1. The molecule has 8 N–H and O–H groups in total. The summed E-state index contributed by atoms with van der Waals surface area (Å²) in [6.07, 6.45) is 5.65. The Morgan fingerprint density at radius 2 is 1.87 bits per heavy atom. The van der Waals surface area contributed by atoms with Gasteiger partial charge in [-0.25, -0.2) is 22.6 Å². The number of nitrogens with zero attached hydrogens (tertiary/aromatic N) is 3. The molecule has 0 spiro atoms. The molecule has 0 aliphatic carbocycles. The maximum atomic E-state index is 15.1. The summed E-state index contributed by atoms with van der Waals surface area (Å²) >= 11 is 6.23. The zero-order valence-corrected chi connectivity index (χ0v) is 27.1. The number of guanidine groups is 1. The number of aliphatic imine (C=N–C) groups is 1. The van der Waals surface area contributed by atoms with Crippen LogP contribution >= 0.6 is 11.6 Å². The number of aromatic amines is 1. The van der Waals surface area contributed by atoms with Crippen molar-refractivity contribution in [2.24, 2.45) is 22.2 Å². The molecule has 0 saturated heterocycles. The molecule has 45 heavy (non-hydrogen) atoms. The Morgan fingerprint density at radius 1 is 1.16 bits per heavy atom. The van der Waals surface area contributed by atoms with E-state index < -0.39 is 27.4 Å². The Kier molecular flexibility index (Phi) is 11.0. The Labute approximate surface area is 267 Å². The molecule has 0 amide bonds. The van der Waals surface area contributed by atoms with Gasteiger partial charge < -0.3 is 27.5 Å². The van der Waals surface area contributed by atoms with Gasteiger partial charge in [0.2, 0.25) is 0 Å². The number of benzene rings is 2. The molecule has 11 nitrogen and oxygen atoms in total. The number of nitrogens with one attached hydrogen (secondary N) is 2. The highest BCUT2D eigenvalue weighted by atomic mass is 35.5. The Morgan fingerprint density at radius 3 is 2.51 bits per heavy atom. The van der Waals surface area contributed by atoms with Crippen molar-refractivity contribution in [1.29, 1.82) is 0 Å². The highest BCUT2D eigenvalue weighted by molar-refractivity contribution is 7.90. The molecule has 14 heteroatoms. The molecule has 3 atom stereocenters. The van der Waals surface area contributed by atoms with Gasteiger partial charge in [0.15, 0.2) is 11.8 Å². The third kappa shape index (κ3) is 9.36. The molecule has 0 radical (unpaired) electrons. The summed E-state index contributed by atoms with van der Waals surface area (Å²) < 4.78 is 40.0. The Hall–Kier alpha value is -3.78. The van der Waals surface area contributed by atoms with Gasteiger partial charge in [-0.1, -0.05) is 23.7 Å². The van der Waals surface area contributed by atoms with E-state index in [9.17, 15) is 13.2 Å². The number of fused-ring (bicyclic) bond motifs is 1. The fourth-order valence-electron chi connectivity index (χ4n) is 5.19. The standard InChI is InChI=1S/C31H40ClFN8O3S/c1-18(34)5-4-6-20-13-25(28(33)26(32)14-20)27-15-22-16-41(31(42)40-29(22)39-27)24-9-7-21(8-10-24)19(2)37-12-11-23(38-30(35)36)17-45(3,43)44/h7-10,13-16,18-19,23,37H,4-6,11-12,17,34H2,1-3H3,(H4,35,36,38)(H,39,40,42)/t18-,19-,23+/m0/s1. The summed E-state index contributed by atoms with van der Waals surface area (Å²) in [7, 11) is -3.25. The molecule has 0 unspecified atom stereocenters. The summed E-state index contributed by atoms with van der Waals surface area (Å²) in [6, 6.07) is 12.0. The van der Waals surface area contributed by atoms with Gasteiger partial charge >= 0.3 is 5.69 Å². The topological polar surface area (TPSA) is 187 Å². The lowest BCUT2D eigenvalue weighted by atomic mass is 10.0. The van der Waals surface area contributed by atoms with Crippen LogP contribution in [0.15, 0.2) is 58.4 Å². The zero-order chi connectivity index (χ0) is 32.9. The van der Waals surface area contributed by atoms with Gasteiger partial charge in [0.05, 0.1) is 28.2 Å². The van der Waals surface area contributed by atoms with Crippen molar-refractivity contribution in [2.45, 2.75) is 57.7 Å². The maximum Gasteiger partial charge on any atom is 0.354 e. The minimum Gasteiger partial charge on any atom is -0.370 e. The molecular weight excluding hydrogens is 619 g/mol. The van der Waals surface area contributed by atoms with Crippen LogP contribution in [0, 0.1) is 5.82 Å². The smallest absolute Gasteiger partial charge is 0.354 e. The minimum atomic E-state index is -3.25. The van der Waals surface area contributed by atoms with Crippen LogP contribution in [0.1, 0.15) is 50.3 Å². The third-order valence-electron chi connectivity index (χ3n) is 7.44. The van der Waals surface area contributed by atoms with E-state index in [1.54, 1.807) is 24.4 Å². The molecule has 4 aromatic rings. The highest BCUT2D eigenvalue weighted by Gasteiger charge is 2.17. The van der Waals surface area contributed by atoms with Crippen LogP contribution in [-0.4, -0.2) is 59.5 Å². The zero-order valence-electron chi connectivity index (χ0n) is 25.6. The molecule has 2 aromatic carbocycles. The number of halogens is 2. The van der Waals surface area contributed by atoms with Crippen LogP contribution < -0.4 is 28.2 Å². The molecule has 4 rings (SSSR count).